The van der Waals surface area contributed by atoms with Crippen molar-refractivity contribution in [1.29, 1.82) is 0 Å². The smallest absolute Gasteiger partial charge is 0.317 e. The molecule has 0 aromatic heterocycles. The van der Waals surface area contributed by atoms with Gasteiger partial charge in [0, 0.05) is 24.5 Å². The molecule has 2 rings (SSSR count). The molecule has 1 aliphatic rings. The molecule has 2 unspecified atom stereocenters. The Kier molecular flexibility index (Phi) is 7.74. The van der Waals surface area contributed by atoms with E-state index in [1.807, 2.05) is 36.1 Å². The monoisotopic (exact) mass is 382 g/mol. The minimum absolute atomic E-state index is 0.0441. The summed E-state index contributed by atoms with van der Waals surface area (Å²) in [5, 5.41) is 8.63. The summed E-state index contributed by atoms with van der Waals surface area (Å²) < 4.78 is 10.8. The number of carboxylic acid groups (broad SMARTS) is 1. The third kappa shape index (κ3) is 6.19. The zero-order chi connectivity index (χ0) is 19.1. The predicted molar refractivity (Wildman–Crippen MR) is 99.8 cm³/mol. The molecule has 0 spiro atoms. The lowest BCUT2D eigenvalue weighted by atomic mass is 10.2. The molecule has 7 nitrogen and oxygen atoms in total. The molecule has 1 aromatic carbocycles. The van der Waals surface area contributed by atoms with Crippen LogP contribution in [0.1, 0.15) is 6.92 Å². The maximum atomic E-state index is 12.8. The van der Waals surface area contributed by atoms with E-state index in [1.54, 1.807) is 19.1 Å². The van der Waals surface area contributed by atoms with Gasteiger partial charge in [0.2, 0.25) is 5.91 Å². The molecular weight excluding hydrogens is 356 g/mol. The molecule has 8 heteroatoms. The number of carboxylic acids is 1. The third-order valence-electron chi connectivity index (χ3n) is 4.09. The molecule has 0 radical (unpaired) electrons. The van der Waals surface area contributed by atoms with Crippen molar-refractivity contribution < 1.29 is 24.2 Å². The first-order chi connectivity index (χ1) is 12.4. The van der Waals surface area contributed by atoms with Crippen molar-refractivity contribution in [3.63, 3.8) is 0 Å². The number of hydrogen-bond donors (Lipinski definition) is 1. The van der Waals surface area contributed by atoms with Crippen LogP contribution in [0.2, 0.25) is 0 Å². The highest BCUT2D eigenvalue weighted by molar-refractivity contribution is 8.00. The van der Waals surface area contributed by atoms with Crippen LogP contribution in [-0.2, 0) is 14.3 Å². The van der Waals surface area contributed by atoms with Gasteiger partial charge in [0.15, 0.2) is 0 Å². The number of amides is 1. The minimum atomic E-state index is -0.874. The fraction of sp³-hybridized carbons (Fsp3) is 0.556. The van der Waals surface area contributed by atoms with Gasteiger partial charge in [0.1, 0.15) is 5.75 Å². The lowest BCUT2D eigenvalue weighted by Gasteiger charge is -2.35. The Bertz CT molecular complexity index is 610. The van der Waals surface area contributed by atoms with Crippen LogP contribution in [-0.4, -0.2) is 85.1 Å². The highest BCUT2D eigenvalue weighted by Gasteiger charge is 2.28. The molecule has 1 saturated heterocycles. The normalized spacial score (nSPS) is 18.6. The highest BCUT2D eigenvalue weighted by Crippen LogP contribution is 2.26. The Morgan fingerprint density at radius 2 is 2.12 bits per heavy atom. The van der Waals surface area contributed by atoms with Crippen molar-refractivity contribution in [2.75, 3.05) is 46.9 Å². The summed E-state index contributed by atoms with van der Waals surface area (Å²) in [5.41, 5.74) is 0. The Morgan fingerprint density at radius 3 is 2.73 bits per heavy atom. The topological polar surface area (TPSA) is 79.3 Å². The van der Waals surface area contributed by atoms with E-state index < -0.39 is 5.97 Å². The van der Waals surface area contributed by atoms with E-state index in [2.05, 4.69) is 0 Å². The summed E-state index contributed by atoms with van der Waals surface area (Å²) in [4.78, 5) is 28.0. The lowest BCUT2D eigenvalue weighted by Crippen LogP contribution is -2.51. The maximum Gasteiger partial charge on any atom is 0.317 e. The van der Waals surface area contributed by atoms with Crippen molar-refractivity contribution in [3.05, 3.63) is 24.3 Å². The van der Waals surface area contributed by atoms with Crippen molar-refractivity contribution in [2.24, 2.45) is 0 Å². The highest BCUT2D eigenvalue weighted by atomic mass is 32.2. The lowest BCUT2D eigenvalue weighted by molar-refractivity contribution is -0.141. The SMILES string of the molecule is COc1ccc(SC(C)C(=O)N2CCOC(CN(C)CC(=O)O)C2)cc1. The number of morpholine rings is 1. The van der Waals surface area contributed by atoms with Gasteiger partial charge in [-0.15, -0.1) is 11.8 Å². The van der Waals surface area contributed by atoms with E-state index in [1.165, 1.54) is 11.8 Å². The van der Waals surface area contributed by atoms with Crippen LogP contribution < -0.4 is 4.74 Å². The van der Waals surface area contributed by atoms with E-state index >= 15 is 0 Å². The number of rotatable bonds is 8. The zero-order valence-electron chi connectivity index (χ0n) is 15.4. The van der Waals surface area contributed by atoms with Crippen molar-refractivity contribution >= 4 is 23.6 Å². The quantitative estimate of drug-likeness (QED) is 0.681. The Morgan fingerprint density at radius 1 is 1.42 bits per heavy atom. The molecule has 1 amide bonds. The van der Waals surface area contributed by atoms with Crippen LogP contribution in [0.4, 0.5) is 0 Å². The first kappa shape index (κ1) is 20.5. The summed E-state index contributed by atoms with van der Waals surface area (Å²) in [5.74, 6) is -0.0180. The number of ether oxygens (including phenoxy) is 2. The van der Waals surface area contributed by atoms with Crippen molar-refractivity contribution in [3.8, 4) is 5.75 Å². The largest absolute Gasteiger partial charge is 0.497 e. The fourth-order valence-electron chi connectivity index (χ4n) is 2.84. The molecule has 1 aromatic rings. The minimum Gasteiger partial charge on any atom is -0.497 e. The molecule has 0 saturated carbocycles. The summed E-state index contributed by atoms with van der Waals surface area (Å²) >= 11 is 1.51. The van der Waals surface area contributed by atoms with Crippen LogP contribution in [0, 0.1) is 0 Å². The number of thioether (sulfide) groups is 1. The Balaban J connectivity index is 1.87. The second kappa shape index (κ2) is 9.80. The molecule has 1 fully saturated rings. The molecule has 0 bridgehead atoms. The van der Waals surface area contributed by atoms with Crippen LogP contribution in [0.3, 0.4) is 0 Å². The fourth-order valence-corrected chi connectivity index (χ4v) is 3.79. The van der Waals surface area contributed by atoms with Gasteiger partial charge in [0.05, 0.1) is 31.6 Å². The van der Waals surface area contributed by atoms with E-state index in [9.17, 15) is 9.59 Å². The molecule has 1 heterocycles. The van der Waals surface area contributed by atoms with Gasteiger partial charge >= 0.3 is 5.97 Å². The van der Waals surface area contributed by atoms with Gasteiger partial charge in [-0.05, 0) is 38.2 Å². The Labute approximate surface area is 158 Å². The summed E-state index contributed by atoms with van der Waals surface area (Å²) in [6.45, 7) is 3.85. The van der Waals surface area contributed by atoms with Crippen molar-refractivity contribution in [1.82, 2.24) is 9.80 Å². The molecular formula is C18H26N2O5S. The third-order valence-corrected chi connectivity index (χ3v) is 5.19. The second-order valence-electron chi connectivity index (χ2n) is 6.30. The predicted octanol–water partition coefficient (Wildman–Crippen LogP) is 1.42. The average molecular weight is 382 g/mol. The van der Waals surface area contributed by atoms with Crippen LogP contribution in [0.15, 0.2) is 29.2 Å². The van der Waals surface area contributed by atoms with E-state index in [0.29, 0.717) is 26.2 Å². The maximum absolute atomic E-state index is 12.8. The van der Waals surface area contributed by atoms with Crippen LogP contribution in [0.25, 0.3) is 0 Å². The Hall–Kier alpha value is -1.77. The molecule has 2 atom stereocenters. The molecule has 26 heavy (non-hydrogen) atoms. The van der Waals surface area contributed by atoms with Gasteiger partial charge < -0.3 is 19.5 Å². The molecule has 1 N–H and O–H groups in total. The number of aliphatic carboxylic acids is 1. The zero-order valence-corrected chi connectivity index (χ0v) is 16.2. The number of methoxy groups -OCH3 is 1. The summed E-state index contributed by atoms with van der Waals surface area (Å²) in [6.07, 6.45) is -0.171. The van der Waals surface area contributed by atoms with Gasteiger partial charge in [-0.25, -0.2) is 0 Å². The van der Waals surface area contributed by atoms with Gasteiger partial charge in [-0.3, -0.25) is 14.5 Å². The molecule has 144 valence electrons. The number of carbonyl (C=O) groups excluding carboxylic acids is 1. The first-order valence-corrected chi connectivity index (χ1v) is 9.38. The van der Waals surface area contributed by atoms with Crippen molar-refractivity contribution in [2.45, 2.75) is 23.2 Å². The molecule has 1 aliphatic heterocycles. The van der Waals surface area contributed by atoms with Gasteiger partial charge in [-0.1, -0.05) is 0 Å². The molecule has 0 aliphatic carbocycles. The summed E-state index contributed by atoms with van der Waals surface area (Å²) in [6, 6.07) is 7.64. The van der Waals surface area contributed by atoms with Crippen LogP contribution in [0.5, 0.6) is 5.75 Å². The number of likely N-dealkylation sites (N-methyl/N-ethyl adjacent to an activating group) is 1. The number of hydrogen-bond acceptors (Lipinski definition) is 6. The standard InChI is InChI=1S/C18H26N2O5S/c1-13(26-16-6-4-14(24-3)5-7-16)18(23)20-8-9-25-15(11-20)10-19(2)12-17(21)22/h4-7,13,15H,8-12H2,1-3H3,(H,21,22). The number of nitrogens with zero attached hydrogens (tertiary/aromatic N) is 2. The van der Waals surface area contributed by atoms with Gasteiger partial charge in [-0.2, -0.15) is 0 Å². The first-order valence-electron chi connectivity index (χ1n) is 8.50. The van der Waals surface area contributed by atoms with E-state index in [4.69, 9.17) is 14.6 Å². The van der Waals surface area contributed by atoms with Crippen LogP contribution >= 0.6 is 11.8 Å². The average Bonchev–Trinajstić information content (AvgIpc) is 2.61. The second-order valence-corrected chi connectivity index (χ2v) is 7.72. The summed E-state index contributed by atoms with van der Waals surface area (Å²) in [7, 11) is 3.36. The number of carbonyl (C=O) groups is 2. The number of benzene rings is 1. The van der Waals surface area contributed by atoms with E-state index in [0.717, 1.165) is 10.6 Å². The van der Waals surface area contributed by atoms with Gasteiger partial charge in [0.25, 0.3) is 0 Å². The van der Waals surface area contributed by atoms with E-state index in [-0.39, 0.29) is 23.8 Å².